The molecule has 3 rings (SSSR count). The summed E-state index contributed by atoms with van der Waals surface area (Å²) < 4.78 is 0. The molecule has 6 heteroatoms. The molecule has 23 heavy (non-hydrogen) atoms. The second-order valence-corrected chi connectivity index (χ2v) is 7.42. The normalized spacial score (nSPS) is 14.8. The van der Waals surface area contributed by atoms with E-state index < -0.39 is 0 Å². The van der Waals surface area contributed by atoms with Crippen LogP contribution in [0.4, 0.5) is 0 Å². The Morgan fingerprint density at radius 1 is 0.870 bits per heavy atom. The van der Waals surface area contributed by atoms with Gasteiger partial charge in [0.1, 0.15) is 0 Å². The summed E-state index contributed by atoms with van der Waals surface area (Å²) in [5.41, 5.74) is 4.65. The fourth-order valence-electron chi connectivity index (χ4n) is 2.61. The second-order valence-electron chi connectivity index (χ2n) is 5.78. The number of aryl methyl sites for hydroxylation is 2. The summed E-state index contributed by atoms with van der Waals surface area (Å²) in [7, 11) is 9.40. The molecule has 0 fully saturated rings. The van der Waals surface area contributed by atoms with E-state index in [0.29, 0.717) is 18.7 Å². The Bertz CT molecular complexity index is 573. The maximum absolute atomic E-state index is 4.78. The van der Waals surface area contributed by atoms with E-state index in [-0.39, 0.29) is 0 Å². The van der Waals surface area contributed by atoms with Crippen LogP contribution < -0.4 is 0 Å². The third kappa shape index (κ3) is 6.04. The third-order valence-electron chi connectivity index (χ3n) is 3.83. The van der Waals surface area contributed by atoms with Crippen LogP contribution in [-0.2, 0) is 38.6 Å². The third-order valence-corrected chi connectivity index (χ3v) is 3.83. The molecule has 0 spiro atoms. The zero-order valence-electron chi connectivity index (χ0n) is 13.3. The molecule has 1 aliphatic heterocycles. The molecule has 0 N–H and O–H groups in total. The van der Waals surface area contributed by atoms with E-state index in [1.165, 1.54) is 11.4 Å². The molecular formula is C17H21Cl2N3Ni+. The first-order chi connectivity index (χ1) is 11.1. The minimum atomic E-state index is 0.478. The zero-order chi connectivity index (χ0) is 16.7. The number of hydrogen-bond donors (Lipinski definition) is 0. The first-order valence-corrected chi connectivity index (χ1v) is 10.3. The van der Waals surface area contributed by atoms with Crippen LogP contribution in [0.1, 0.15) is 36.6 Å². The van der Waals surface area contributed by atoms with Crippen molar-refractivity contribution in [3.05, 3.63) is 59.2 Å². The van der Waals surface area contributed by atoms with Crippen molar-refractivity contribution < 1.29 is 12.7 Å². The number of nitrogens with zero attached hydrogens (tertiary/aromatic N) is 3. The Morgan fingerprint density at radius 2 is 1.26 bits per heavy atom. The predicted octanol–water partition coefficient (Wildman–Crippen LogP) is 4.36. The van der Waals surface area contributed by atoms with Gasteiger partial charge in [-0.15, -0.1) is 0 Å². The quantitative estimate of drug-likeness (QED) is 0.670. The van der Waals surface area contributed by atoms with Gasteiger partial charge in [0, 0.05) is 30.5 Å². The van der Waals surface area contributed by atoms with Crippen molar-refractivity contribution in [3.63, 3.8) is 0 Å². The summed E-state index contributed by atoms with van der Waals surface area (Å²) in [6.45, 7) is 6.23. The summed E-state index contributed by atoms with van der Waals surface area (Å²) in [4.78, 5) is 12.0. The van der Waals surface area contributed by atoms with Crippen LogP contribution in [0.25, 0.3) is 0 Å². The van der Waals surface area contributed by atoms with Crippen molar-refractivity contribution in [1.29, 1.82) is 0 Å². The van der Waals surface area contributed by atoms with Gasteiger partial charge in [0.25, 0.3) is 0 Å². The van der Waals surface area contributed by atoms with Gasteiger partial charge in [-0.3, -0.25) is 14.9 Å². The van der Waals surface area contributed by atoms with Gasteiger partial charge in [-0.2, -0.15) is 0 Å². The van der Waals surface area contributed by atoms with E-state index in [2.05, 4.69) is 55.1 Å². The summed E-state index contributed by atoms with van der Waals surface area (Å²) in [5, 5.41) is 0. The molecule has 0 aromatic carbocycles. The Labute approximate surface area is 152 Å². The van der Waals surface area contributed by atoms with Crippen LogP contribution in [0.2, 0.25) is 0 Å². The van der Waals surface area contributed by atoms with Gasteiger partial charge in [0.05, 0.1) is 11.4 Å². The van der Waals surface area contributed by atoms with Gasteiger partial charge in [-0.1, -0.05) is 12.1 Å². The summed E-state index contributed by atoms with van der Waals surface area (Å²) in [6, 6.07) is 13.2. The molecule has 2 aromatic rings. The van der Waals surface area contributed by atoms with E-state index in [1.807, 2.05) is 0 Å². The molecule has 3 nitrogen and oxygen atoms in total. The predicted molar refractivity (Wildman–Crippen MR) is 92.0 cm³/mol. The molecule has 3 heterocycles. The number of aromatic nitrogens is 2. The van der Waals surface area contributed by atoms with E-state index >= 15 is 0 Å². The molecule has 0 atom stereocenters. The molecule has 0 unspecified atom stereocenters. The fourth-order valence-corrected chi connectivity index (χ4v) is 2.61. The van der Waals surface area contributed by atoms with Crippen molar-refractivity contribution >= 4 is 20.4 Å². The molecular weight excluding hydrogens is 376 g/mol. The number of halogens is 2. The van der Waals surface area contributed by atoms with Crippen LogP contribution in [-0.4, -0.2) is 20.9 Å². The summed E-state index contributed by atoms with van der Waals surface area (Å²) in [6.07, 6.45) is 1.93. The second kappa shape index (κ2) is 9.59. The van der Waals surface area contributed by atoms with Gasteiger partial charge < -0.3 is 0 Å². The van der Waals surface area contributed by atoms with Crippen molar-refractivity contribution in [2.45, 2.75) is 45.8 Å². The number of hydrogen-bond acceptors (Lipinski definition) is 3. The van der Waals surface area contributed by atoms with Gasteiger partial charge in [0.2, 0.25) is 0 Å². The Kier molecular flexibility index (Phi) is 7.78. The van der Waals surface area contributed by atoms with Crippen molar-refractivity contribution in [2.24, 2.45) is 0 Å². The van der Waals surface area contributed by atoms with Gasteiger partial charge >= 0.3 is 33.0 Å². The molecule has 4 bridgehead atoms. The average Bonchev–Trinajstić information content (AvgIpc) is 2.54. The van der Waals surface area contributed by atoms with Crippen molar-refractivity contribution in [2.75, 3.05) is 0 Å². The Balaban J connectivity index is 0.000000595. The van der Waals surface area contributed by atoms with E-state index in [9.17, 15) is 0 Å². The van der Waals surface area contributed by atoms with Crippen LogP contribution in [0, 0.1) is 0 Å². The van der Waals surface area contributed by atoms with Gasteiger partial charge in [-0.05, 0) is 51.0 Å². The van der Waals surface area contributed by atoms with Crippen LogP contribution in [0.15, 0.2) is 36.4 Å². The van der Waals surface area contributed by atoms with E-state index in [1.54, 1.807) is 0 Å². The van der Waals surface area contributed by atoms with Crippen LogP contribution in [0.3, 0.4) is 0 Å². The van der Waals surface area contributed by atoms with Gasteiger partial charge in [-0.25, -0.2) is 0 Å². The first-order valence-electron chi connectivity index (χ1n) is 7.58. The van der Waals surface area contributed by atoms with E-state index in [4.69, 9.17) is 30.4 Å². The van der Waals surface area contributed by atoms with Crippen molar-refractivity contribution in [3.8, 4) is 0 Å². The fraction of sp³-hybridized carbons (Fsp3) is 0.412. The first kappa shape index (κ1) is 18.7. The van der Waals surface area contributed by atoms with Crippen molar-refractivity contribution in [1.82, 2.24) is 14.9 Å². The number of rotatable bonds is 1. The summed E-state index contributed by atoms with van der Waals surface area (Å²) >= 11 is 0.569. The zero-order valence-corrected chi connectivity index (χ0v) is 15.8. The number of fused-ring (bicyclic) bond motifs is 4. The Morgan fingerprint density at radius 3 is 1.65 bits per heavy atom. The Hall–Kier alpha value is -0.666. The average molecular weight is 397 g/mol. The SMILES string of the molecule is CC(C)N1Cc2cccc(n2)CCc2cccc(n2)C1.[Cl][Ni+][Cl]. The molecule has 127 valence electrons. The molecule has 1 aliphatic rings. The molecule has 2 aromatic heterocycles. The molecule has 0 saturated heterocycles. The molecule has 0 amide bonds. The maximum atomic E-state index is 4.78. The standard InChI is InChI=1S/C17H21N3.2ClH.Ni/c1-13(2)20-11-16-7-3-5-14(18-16)9-10-15-6-4-8-17(12-20)19-15;;;/h3-8,13H,9-12H2,1-2H3;2*1H;/q;;;+3/p-2. The molecule has 0 saturated carbocycles. The molecule has 0 aliphatic carbocycles. The van der Waals surface area contributed by atoms with E-state index in [0.717, 1.165) is 37.3 Å². The van der Waals surface area contributed by atoms with Crippen LogP contribution in [0.5, 0.6) is 0 Å². The topological polar surface area (TPSA) is 29.0 Å². The van der Waals surface area contributed by atoms with Crippen LogP contribution >= 0.6 is 20.4 Å². The monoisotopic (exact) mass is 395 g/mol. The van der Waals surface area contributed by atoms with Gasteiger partial charge in [0.15, 0.2) is 0 Å². The number of pyridine rings is 2. The summed E-state index contributed by atoms with van der Waals surface area (Å²) in [5.74, 6) is 0. The minimum absolute atomic E-state index is 0.478. The molecule has 0 radical (unpaired) electrons.